The summed E-state index contributed by atoms with van der Waals surface area (Å²) in [4.78, 5) is 0.268. The van der Waals surface area contributed by atoms with E-state index in [4.69, 9.17) is 11.6 Å². The van der Waals surface area contributed by atoms with Crippen molar-refractivity contribution in [3.63, 3.8) is 0 Å². The van der Waals surface area contributed by atoms with Crippen molar-refractivity contribution in [2.75, 3.05) is 5.88 Å². The fourth-order valence-corrected chi connectivity index (χ4v) is 4.75. The highest BCUT2D eigenvalue weighted by Gasteiger charge is 2.39. The number of aryl methyl sites for hydroxylation is 1. The van der Waals surface area contributed by atoms with E-state index >= 15 is 0 Å². The topological polar surface area (TPSA) is 55.2 Å². The number of hydrogen-bond acceptors (Lipinski definition) is 3. The zero-order valence-corrected chi connectivity index (χ0v) is 12.9. The zero-order valence-electron chi connectivity index (χ0n) is 11.3. The molecule has 5 nitrogen and oxygen atoms in total. The Hall–Kier alpha value is -0.590. The van der Waals surface area contributed by atoms with Crippen LogP contribution in [0.25, 0.3) is 0 Å². The van der Waals surface area contributed by atoms with Gasteiger partial charge in [0.05, 0.1) is 12.7 Å². The summed E-state index contributed by atoms with van der Waals surface area (Å²) in [6.45, 7) is 4.52. The Labute approximate surface area is 119 Å². The minimum atomic E-state index is -3.44. The molecular weight excluding hydrogens is 286 g/mol. The van der Waals surface area contributed by atoms with E-state index in [2.05, 4.69) is 5.10 Å². The second-order valence-electron chi connectivity index (χ2n) is 4.95. The number of aromatic nitrogens is 2. The summed E-state index contributed by atoms with van der Waals surface area (Å²) in [6, 6.07) is 0.169. The summed E-state index contributed by atoms with van der Waals surface area (Å²) in [5.41, 5.74) is 0. The molecule has 1 aliphatic rings. The molecule has 1 aromatic rings. The van der Waals surface area contributed by atoms with Crippen LogP contribution in [-0.2, 0) is 16.6 Å². The minimum absolute atomic E-state index is 0.0614. The van der Waals surface area contributed by atoms with E-state index in [0.717, 1.165) is 19.3 Å². The lowest BCUT2D eigenvalue weighted by Crippen LogP contribution is -2.39. The lowest BCUT2D eigenvalue weighted by molar-refractivity contribution is 0.328. The molecule has 2 heterocycles. The molecule has 0 aliphatic carbocycles. The van der Waals surface area contributed by atoms with Gasteiger partial charge in [-0.3, -0.25) is 4.68 Å². The second-order valence-corrected chi connectivity index (χ2v) is 7.17. The number of rotatable bonds is 5. The van der Waals surface area contributed by atoms with E-state index in [-0.39, 0.29) is 17.0 Å². The third-order valence-corrected chi connectivity index (χ3v) is 5.87. The standard InChI is InChI=1S/C12H20ClN3O2S/c1-3-11-5-4-10(2)16(11)19(17,18)12-8-14-15(9-12)7-6-13/h8-11H,3-7H2,1-2H3. The molecule has 108 valence electrons. The number of hydrogen-bond donors (Lipinski definition) is 0. The largest absolute Gasteiger partial charge is 0.270 e. The highest BCUT2D eigenvalue weighted by molar-refractivity contribution is 7.89. The molecule has 0 bridgehead atoms. The van der Waals surface area contributed by atoms with Gasteiger partial charge in [0, 0.05) is 24.2 Å². The van der Waals surface area contributed by atoms with E-state index in [1.165, 1.54) is 6.20 Å². The van der Waals surface area contributed by atoms with Gasteiger partial charge in [0.25, 0.3) is 0 Å². The molecule has 2 atom stereocenters. The van der Waals surface area contributed by atoms with Crippen molar-refractivity contribution in [3.8, 4) is 0 Å². The van der Waals surface area contributed by atoms with Crippen LogP contribution in [0.15, 0.2) is 17.3 Å². The zero-order chi connectivity index (χ0) is 14.0. The van der Waals surface area contributed by atoms with Crippen LogP contribution in [-0.4, -0.2) is 40.5 Å². The summed E-state index contributed by atoms with van der Waals surface area (Å²) < 4.78 is 28.6. The lowest BCUT2D eigenvalue weighted by Gasteiger charge is -2.26. The van der Waals surface area contributed by atoms with Gasteiger partial charge in [-0.25, -0.2) is 8.42 Å². The van der Waals surface area contributed by atoms with Crippen molar-refractivity contribution in [3.05, 3.63) is 12.4 Å². The van der Waals surface area contributed by atoms with Crippen molar-refractivity contribution in [1.29, 1.82) is 0 Å². The van der Waals surface area contributed by atoms with Crippen LogP contribution in [0.1, 0.15) is 33.1 Å². The van der Waals surface area contributed by atoms with Gasteiger partial charge in [0.15, 0.2) is 0 Å². The first-order valence-electron chi connectivity index (χ1n) is 6.62. The molecule has 7 heteroatoms. The van der Waals surface area contributed by atoms with Gasteiger partial charge in [0.1, 0.15) is 4.90 Å². The van der Waals surface area contributed by atoms with Crippen molar-refractivity contribution < 1.29 is 8.42 Å². The first-order chi connectivity index (χ1) is 9.00. The van der Waals surface area contributed by atoms with E-state index in [9.17, 15) is 8.42 Å². The Morgan fingerprint density at radius 1 is 1.47 bits per heavy atom. The molecule has 1 aromatic heterocycles. The Morgan fingerprint density at radius 2 is 2.21 bits per heavy atom. The van der Waals surface area contributed by atoms with Crippen molar-refractivity contribution in [1.82, 2.24) is 14.1 Å². The second kappa shape index (κ2) is 5.81. The molecule has 2 unspecified atom stereocenters. The van der Waals surface area contributed by atoms with Gasteiger partial charge in [-0.05, 0) is 26.2 Å². The number of halogens is 1. The van der Waals surface area contributed by atoms with E-state index in [1.54, 1.807) is 15.2 Å². The molecule has 0 radical (unpaired) electrons. The maximum atomic E-state index is 12.7. The van der Waals surface area contributed by atoms with E-state index in [0.29, 0.717) is 12.4 Å². The third-order valence-electron chi connectivity index (χ3n) is 3.68. The average Bonchev–Trinajstić information content (AvgIpc) is 2.96. The SMILES string of the molecule is CCC1CCC(C)N1S(=O)(=O)c1cnn(CCCl)c1. The van der Waals surface area contributed by atoms with Crippen molar-refractivity contribution in [2.24, 2.45) is 0 Å². The van der Waals surface area contributed by atoms with Gasteiger partial charge in [-0.1, -0.05) is 6.92 Å². The molecule has 0 N–H and O–H groups in total. The van der Waals surface area contributed by atoms with Gasteiger partial charge in [-0.2, -0.15) is 9.40 Å². The van der Waals surface area contributed by atoms with Crippen LogP contribution in [0.5, 0.6) is 0 Å². The summed E-state index contributed by atoms with van der Waals surface area (Å²) in [5.74, 6) is 0.416. The molecular formula is C12H20ClN3O2S. The first kappa shape index (κ1) is 14.8. The molecule has 1 fully saturated rings. The van der Waals surface area contributed by atoms with Gasteiger partial charge in [-0.15, -0.1) is 11.6 Å². The maximum absolute atomic E-state index is 12.7. The highest BCUT2D eigenvalue weighted by atomic mass is 35.5. The quantitative estimate of drug-likeness (QED) is 0.783. The molecule has 1 saturated heterocycles. The van der Waals surface area contributed by atoms with Crippen molar-refractivity contribution >= 4 is 21.6 Å². The summed E-state index contributed by atoms with van der Waals surface area (Å²) in [6.07, 6.45) is 5.69. The predicted octanol–water partition coefficient (Wildman–Crippen LogP) is 2.07. The predicted molar refractivity (Wildman–Crippen MR) is 74.7 cm³/mol. The van der Waals surface area contributed by atoms with Crippen LogP contribution in [0.4, 0.5) is 0 Å². The first-order valence-corrected chi connectivity index (χ1v) is 8.60. The lowest BCUT2D eigenvalue weighted by atomic mass is 10.2. The molecule has 19 heavy (non-hydrogen) atoms. The molecule has 0 amide bonds. The third kappa shape index (κ3) is 2.80. The summed E-state index contributed by atoms with van der Waals surface area (Å²) in [7, 11) is -3.44. The molecule has 0 spiro atoms. The van der Waals surface area contributed by atoms with Gasteiger partial charge < -0.3 is 0 Å². The average molecular weight is 306 g/mol. The van der Waals surface area contributed by atoms with Crippen LogP contribution in [0.2, 0.25) is 0 Å². The normalized spacial score (nSPS) is 25.0. The Kier molecular flexibility index (Phi) is 4.53. The Morgan fingerprint density at radius 3 is 2.84 bits per heavy atom. The summed E-state index contributed by atoms with van der Waals surface area (Å²) >= 11 is 5.63. The van der Waals surface area contributed by atoms with Crippen LogP contribution in [0.3, 0.4) is 0 Å². The molecule has 2 rings (SSSR count). The molecule has 0 saturated carbocycles. The Balaban J connectivity index is 2.30. The van der Waals surface area contributed by atoms with E-state index in [1.807, 2.05) is 13.8 Å². The monoisotopic (exact) mass is 305 g/mol. The number of sulfonamides is 1. The van der Waals surface area contributed by atoms with Gasteiger partial charge in [0.2, 0.25) is 10.0 Å². The molecule has 1 aliphatic heterocycles. The van der Waals surface area contributed by atoms with Crippen LogP contribution in [0, 0.1) is 0 Å². The van der Waals surface area contributed by atoms with Crippen LogP contribution < -0.4 is 0 Å². The van der Waals surface area contributed by atoms with Crippen LogP contribution >= 0.6 is 11.6 Å². The number of nitrogens with zero attached hydrogens (tertiary/aromatic N) is 3. The van der Waals surface area contributed by atoms with E-state index < -0.39 is 10.0 Å². The van der Waals surface area contributed by atoms with Crippen molar-refractivity contribution in [2.45, 2.75) is 56.6 Å². The fraction of sp³-hybridized carbons (Fsp3) is 0.750. The molecule has 0 aromatic carbocycles. The smallest absolute Gasteiger partial charge is 0.246 e. The summed E-state index contributed by atoms with van der Waals surface area (Å²) in [5, 5.41) is 4.05. The fourth-order valence-electron chi connectivity index (χ4n) is 2.67. The Bertz CT molecular complexity index is 529. The maximum Gasteiger partial charge on any atom is 0.246 e. The minimum Gasteiger partial charge on any atom is -0.270 e. The number of alkyl halides is 1. The highest BCUT2D eigenvalue weighted by Crippen LogP contribution is 2.32. The van der Waals surface area contributed by atoms with Gasteiger partial charge >= 0.3 is 0 Å².